The minimum absolute atomic E-state index is 0.724. The smallest absolute Gasteiger partial charge is 0.0848 e. The molecule has 0 nitrogen and oxygen atoms in total. The topological polar surface area (TPSA) is 0 Å². The standard InChI is InChI=1S/C22H30.C20H30.C20H20.C19H29B.C16H22/c1-2-12-4-6-16-10-14-8-7-13-9-15-5-3-11(1)18-19(12)21(16)22(17(13)14)20(15)18;2*1-2-12-5-6-14-9-10-15-8-7-13-4-3-11(1)16-17(12)19(14)20(15)18(13)16;1-2-12-4-6-14-8-10-15-9-7-13-5-3-11(1)16-17(12)19(14)20(15)18(13)16;1-3-16-4-2-9-6-11-7-10-5-8(1)14(16)12(10)13(11)15(9)16/h7-8,11-22H,1-6,9-10H2;11-20H,1-10H2;1-20H;11-19H,1-10H2;8-15H,1-7H2. The van der Waals surface area contributed by atoms with Crippen LogP contribution in [0.2, 0.25) is 17.5 Å². The van der Waals surface area contributed by atoms with Crippen LogP contribution in [0, 0.1) is 278 Å². The van der Waals surface area contributed by atoms with Crippen LogP contribution in [0.25, 0.3) is 0 Å². The molecule has 3 aliphatic heterocycles. The van der Waals surface area contributed by atoms with Gasteiger partial charge in [-0.15, -0.1) is 0 Å². The van der Waals surface area contributed by atoms with Crippen molar-refractivity contribution >= 4 is 6.71 Å². The Kier molecular flexibility index (Phi) is 12.6. The molecule has 22 saturated carbocycles. The summed E-state index contributed by atoms with van der Waals surface area (Å²) in [5.41, 5.74) is 0.939. The van der Waals surface area contributed by atoms with Crippen molar-refractivity contribution in [3.8, 4) is 0 Å². The molecule has 0 aromatic rings. The van der Waals surface area contributed by atoms with Gasteiger partial charge in [0.2, 0.25) is 0 Å². The molecule has 0 aromatic carbocycles. The average molecular weight is 1310 g/mol. The maximum absolute atomic E-state index is 2.70. The molecule has 26 atom stereocenters. The second kappa shape index (κ2) is 21.0. The van der Waals surface area contributed by atoms with Crippen molar-refractivity contribution in [1.82, 2.24) is 0 Å². The second-order valence-corrected chi connectivity index (χ2v) is 45.5. The van der Waals surface area contributed by atoms with E-state index in [4.69, 9.17) is 0 Å². The Labute approximate surface area is 595 Å². The van der Waals surface area contributed by atoms with Gasteiger partial charge in [-0.25, -0.2) is 0 Å². The summed E-state index contributed by atoms with van der Waals surface area (Å²) >= 11 is 0. The van der Waals surface area contributed by atoms with Gasteiger partial charge in [-0.05, 0) is 464 Å². The molecule has 0 amide bonds. The van der Waals surface area contributed by atoms with Crippen LogP contribution in [0.4, 0.5) is 0 Å². The fourth-order valence-electron chi connectivity index (χ4n) is 44.2. The zero-order valence-corrected chi connectivity index (χ0v) is 61.0. The van der Waals surface area contributed by atoms with Crippen LogP contribution >= 0.6 is 0 Å². The molecule has 522 valence electrons. The summed E-state index contributed by atoms with van der Waals surface area (Å²) in [6.07, 6.45) is 87.6. The third-order valence-electron chi connectivity index (χ3n) is 45.0. The van der Waals surface area contributed by atoms with Gasteiger partial charge in [-0.2, -0.15) is 0 Å². The van der Waals surface area contributed by atoms with Gasteiger partial charge in [0.25, 0.3) is 0 Å². The van der Waals surface area contributed by atoms with Gasteiger partial charge >= 0.3 is 0 Å². The first-order valence-corrected chi connectivity index (χ1v) is 46.6. The second-order valence-electron chi connectivity index (χ2n) is 45.5. The van der Waals surface area contributed by atoms with Crippen LogP contribution < -0.4 is 0 Å². The van der Waals surface area contributed by atoms with E-state index < -0.39 is 0 Å². The number of hydrogen-bond donors (Lipinski definition) is 0. The maximum atomic E-state index is 2.70. The molecule has 1 heteroatoms. The Morgan fingerprint density at radius 3 is 0.776 bits per heavy atom. The Hall–Kier alpha value is -1.50. The van der Waals surface area contributed by atoms with Crippen molar-refractivity contribution < 1.29 is 0 Å². The molecule has 26 unspecified atom stereocenters. The van der Waals surface area contributed by atoms with E-state index in [9.17, 15) is 0 Å². The van der Waals surface area contributed by atoms with Crippen molar-refractivity contribution in [3.63, 3.8) is 0 Å². The van der Waals surface area contributed by atoms with Crippen molar-refractivity contribution in [2.45, 2.75) is 242 Å². The Bertz CT molecular complexity index is 2840. The highest BCUT2D eigenvalue weighted by Gasteiger charge is 2.78. The van der Waals surface area contributed by atoms with Gasteiger partial charge in [0.1, 0.15) is 0 Å². The molecule has 3 saturated heterocycles. The maximum Gasteiger partial charge on any atom is 0.150 e. The molecule has 0 N–H and O–H groups in total. The monoisotopic (exact) mass is 1310 g/mol. The van der Waals surface area contributed by atoms with Crippen molar-refractivity contribution in [3.05, 3.63) is 72.9 Å². The fourth-order valence-corrected chi connectivity index (χ4v) is 44.2. The quantitative estimate of drug-likeness (QED) is 0.168. The molecule has 1 spiro atoms. The lowest BCUT2D eigenvalue weighted by Gasteiger charge is -2.54. The predicted molar refractivity (Wildman–Crippen MR) is 396 cm³/mol. The van der Waals surface area contributed by atoms with Crippen LogP contribution in [-0.4, -0.2) is 6.71 Å². The molecule has 3 heterocycles. The van der Waals surface area contributed by atoms with E-state index in [-0.39, 0.29) is 0 Å². The minimum atomic E-state index is 0.724. The van der Waals surface area contributed by atoms with Crippen molar-refractivity contribution in [2.75, 3.05) is 0 Å². The average Bonchev–Trinajstić information content (AvgIpc) is 1.48. The highest BCUT2D eigenvalue weighted by atomic mass is 14.8. The van der Waals surface area contributed by atoms with Gasteiger partial charge in [0, 0.05) is 0 Å². The van der Waals surface area contributed by atoms with Gasteiger partial charge in [0.05, 0.1) is 0 Å². The molecule has 0 aromatic heterocycles. The zero-order chi connectivity index (χ0) is 62.6. The Morgan fingerprint density at radius 1 is 0.184 bits per heavy atom. The first-order valence-electron chi connectivity index (χ1n) is 46.6. The molecule has 0 radical (unpaired) electrons. The number of hydrogen-bond acceptors (Lipinski definition) is 0. The molecule has 31 aliphatic rings. The lowest BCUT2D eigenvalue weighted by atomic mass is 9.21. The molecular weight excluding hydrogens is 1180 g/mol. The lowest BCUT2D eigenvalue weighted by Crippen LogP contribution is -2.48. The normalized spacial score (nSPS) is 66.9. The van der Waals surface area contributed by atoms with Crippen LogP contribution in [0.15, 0.2) is 72.9 Å². The minimum Gasteiger partial charge on any atom is -0.0848 e. The lowest BCUT2D eigenvalue weighted by molar-refractivity contribution is -0.0489. The van der Waals surface area contributed by atoms with Crippen LogP contribution in [0.3, 0.4) is 0 Å². The van der Waals surface area contributed by atoms with E-state index in [1.54, 1.807) is 225 Å². The number of allylic oxidation sites excluding steroid dienone is 12. The largest absolute Gasteiger partial charge is 0.150 e. The summed E-state index contributed by atoms with van der Waals surface area (Å²) in [7, 11) is 0. The van der Waals surface area contributed by atoms with Gasteiger partial charge in [-0.1, -0.05) is 129 Å². The SMILES string of the molecule is C1=CC2C=CC3C=CC4C=CC5C=CC1C1C2C3C4C51.C1=CC2CC3CCC4CCC5CCC6CC1C2C1C6C5C4C31.C1C2CC3CCC45CCC6CC1C(C2C34)C65.C1CC2CCC3CCC4CCC5CCC1B1C2C3C4C15.C1CC2CCC3CCC4CCC5CCC1C1C2C3C4C51. The van der Waals surface area contributed by atoms with Crippen molar-refractivity contribution in [1.29, 1.82) is 0 Å². The van der Waals surface area contributed by atoms with E-state index in [0.717, 1.165) is 106 Å². The highest BCUT2D eigenvalue weighted by molar-refractivity contribution is 6.65. The van der Waals surface area contributed by atoms with Crippen LogP contribution in [-0.2, 0) is 0 Å². The first kappa shape index (κ1) is 58.7. The molecule has 25 fully saturated rings. The Balaban J connectivity index is 0.0000000702. The summed E-state index contributed by atoms with van der Waals surface area (Å²) in [5, 5.41) is 0. The summed E-state index contributed by atoms with van der Waals surface area (Å²) in [4.78, 5) is 0. The highest BCUT2D eigenvalue weighted by Crippen LogP contribution is 2.84. The van der Waals surface area contributed by atoms with Gasteiger partial charge < -0.3 is 0 Å². The van der Waals surface area contributed by atoms with E-state index >= 15 is 0 Å². The molecule has 98 heavy (non-hydrogen) atoms. The number of rotatable bonds is 0. The molecule has 28 aliphatic carbocycles. The van der Waals surface area contributed by atoms with E-state index in [1.807, 2.05) is 0 Å². The third kappa shape index (κ3) is 7.43. The van der Waals surface area contributed by atoms with Crippen molar-refractivity contribution in [2.24, 2.45) is 278 Å². The Morgan fingerprint density at radius 2 is 0.449 bits per heavy atom. The van der Waals surface area contributed by atoms with E-state index in [0.29, 0.717) is 0 Å². The fraction of sp³-hybridized carbons (Fsp3) is 0.876. The molecule has 31 rings (SSSR count). The summed E-state index contributed by atoms with van der Waals surface area (Å²) in [5.74, 6) is 54.6. The summed E-state index contributed by atoms with van der Waals surface area (Å²) in [6.45, 7) is 1.23. The van der Waals surface area contributed by atoms with Crippen LogP contribution in [0.1, 0.15) is 225 Å². The molecule has 0 bridgehead atoms. The first-order chi connectivity index (χ1) is 48.5. The van der Waals surface area contributed by atoms with E-state index in [2.05, 4.69) is 72.9 Å². The van der Waals surface area contributed by atoms with Gasteiger partial charge in [0.15, 0.2) is 6.71 Å². The summed E-state index contributed by atoms with van der Waals surface area (Å²) in [6, 6.07) is 0. The predicted octanol–water partition coefficient (Wildman–Crippen LogP) is 23.3. The van der Waals surface area contributed by atoms with Gasteiger partial charge in [-0.3, -0.25) is 0 Å². The summed E-state index contributed by atoms with van der Waals surface area (Å²) < 4.78 is 0. The third-order valence-corrected chi connectivity index (χ3v) is 45.0. The molecular formula is C97H131B. The van der Waals surface area contributed by atoms with E-state index in [1.165, 1.54) is 196 Å². The zero-order valence-electron chi connectivity index (χ0n) is 61.0. The van der Waals surface area contributed by atoms with Crippen LogP contribution in [0.5, 0.6) is 0 Å².